The molecule has 6 nitrogen and oxygen atoms in total. The van der Waals surface area contributed by atoms with Gasteiger partial charge in [-0.2, -0.15) is 0 Å². The third kappa shape index (κ3) is 3.31. The van der Waals surface area contributed by atoms with Crippen molar-refractivity contribution in [3.05, 3.63) is 42.2 Å². The number of hydrogen-bond acceptors (Lipinski definition) is 5. The summed E-state index contributed by atoms with van der Waals surface area (Å²) in [6.45, 7) is 1.09. The fourth-order valence-electron chi connectivity index (χ4n) is 3.54. The van der Waals surface area contributed by atoms with Gasteiger partial charge >= 0.3 is 0 Å². The molecular formula is C19H19N3O3S. The summed E-state index contributed by atoms with van der Waals surface area (Å²) in [5.41, 5.74) is 0.991. The second-order valence-corrected chi connectivity index (χ2v) is 7.60. The molecular weight excluding hydrogens is 350 g/mol. The van der Waals surface area contributed by atoms with Gasteiger partial charge in [0.05, 0.1) is 5.75 Å². The van der Waals surface area contributed by atoms with E-state index in [1.165, 1.54) is 0 Å². The van der Waals surface area contributed by atoms with E-state index in [9.17, 15) is 14.4 Å². The van der Waals surface area contributed by atoms with E-state index in [1.807, 2.05) is 24.4 Å². The van der Waals surface area contributed by atoms with E-state index in [0.717, 1.165) is 46.0 Å². The second kappa shape index (κ2) is 7.07. The number of aromatic nitrogens is 1. The van der Waals surface area contributed by atoms with Crippen LogP contribution in [0.15, 0.2) is 36.5 Å². The average Bonchev–Trinajstić information content (AvgIpc) is 2.99. The molecule has 2 aliphatic rings. The van der Waals surface area contributed by atoms with E-state index in [0.29, 0.717) is 13.1 Å². The lowest BCUT2D eigenvalue weighted by atomic mass is 9.93. The van der Waals surface area contributed by atoms with Gasteiger partial charge in [0.1, 0.15) is 6.54 Å². The number of fused-ring (bicyclic) bond motifs is 1. The van der Waals surface area contributed by atoms with Crippen LogP contribution in [0.5, 0.6) is 0 Å². The summed E-state index contributed by atoms with van der Waals surface area (Å²) < 4.78 is 0. The molecule has 0 bridgehead atoms. The van der Waals surface area contributed by atoms with Crippen LogP contribution in [0.25, 0.3) is 10.8 Å². The minimum Gasteiger partial charge on any atom is -0.340 e. The van der Waals surface area contributed by atoms with Crippen molar-refractivity contribution in [1.82, 2.24) is 14.8 Å². The summed E-state index contributed by atoms with van der Waals surface area (Å²) in [6.07, 6.45) is 3.75. The molecule has 26 heavy (non-hydrogen) atoms. The Labute approximate surface area is 155 Å². The van der Waals surface area contributed by atoms with Crippen LogP contribution in [-0.4, -0.2) is 57.2 Å². The third-order valence-electron chi connectivity index (χ3n) is 4.98. The normalized spacial score (nSPS) is 20.8. The maximum atomic E-state index is 12.6. The Morgan fingerprint density at radius 3 is 2.81 bits per heavy atom. The highest BCUT2D eigenvalue weighted by Crippen LogP contribution is 2.28. The number of rotatable bonds is 3. The van der Waals surface area contributed by atoms with Gasteiger partial charge in [-0.1, -0.05) is 36.0 Å². The fourth-order valence-corrected chi connectivity index (χ4v) is 4.26. The Balaban J connectivity index is 1.47. The lowest BCUT2D eigenvalue weighted by molar-refractivity contribution is -0.137. The van der Waals surface area contributed by atoms with Crippen LogP contribution in [0, 0.1) is 0 Å². The number of carbonyl (C=O) groups excluding carboxylic acids is 3. The van der Waals surface area contributed by atoms with E-state index in [1.54, 1.807) is 4.90 Å². The van der Waals surface area contributed by atoms with Gasteiger partial charge in [0.15, 0.2) is 0 Å². The molecule has 0 aliphatic carbocycles. The minimum atomic E-state index is -0.326. The lowest BCUT2D eigenvalue weighted by Gasteiger charge is -2.33. The Morgan fingerprint density at radius 2 is 2.04 bits per heavy atom. The van der Waals surface area contributed by atoms with Crippen molar-refractivity contribution in [3.63, 3.8) is 0 Å². The number of carbonyl (C=O) groups is 3. The Kier molecular flexibility index (Phi) is 4.63. The van der Waals surface area contributed by atoms with E-state index < -0.39 is 0 Å². The number of hydrogen-bond donors (Lipinski definition) is 0. The molecule has 0 N–H and O–H groups in total. The van der Waals surface area contributed by atoms with E-state index in [2.05, 4.69) is 17.1 Å². The lowest BCUT2D eigenvalue weighted by Crippen LogP contribution is -2.45. The molecule has 2 fully saturated rings. The van der Waals surface area contributed by atoms with Crippen LogP contribution in [0.2, 0.25) is 0 Å². The molecule has 3 heterocycles. The second-order valence-electron chi connectivity index (χ2n) is 6.67. The van der Waals surface area contributed by atoms with E-state index >= 15 is 0 Å². The van der Waals surface area contributed by atoms with Crippen molar-refractivity contribution < 1.29 is 14.4 Å². The number of imide groups is 1. The zero-order chi connectivity index (χ0) is 18.1. The fraction of sp³-hybridized carbons (Fsp3) is 0.368. The van der Waals surface area contributed by atoms with Crippen molar-refractivity contribution in [3.8, 4) is 0 Å². The Bertz CT molecular complexity index is 869. The van der Waals surface area contributed by atoms with Gasteiger partial charge < -0.3 is 4.90 Å². The smallest absolute Gasteiger partial charge is 0.289 e. The first-order valence-corrected chi connectivity index (χ1v) is 9.70. The standard InChI is InChI=1S/C19H19N3O3S/c23-17(11-22-18(24)12-26-19(22)25)21-7-3-6-15(10-21)16-8-13-4-1-2-5-14(13)9-20-16/h1-2,4-5,8-9,15H,3,6-7,10-12H2. The number of nitrogens with zero attached hydrogens (tertiary/aromatic N) is 3. The first-order chi connectivity index (χ1) is 12.6. The molecule has 3 amide bonds. The number of likely N-dealkylation sites (tertiary alicyclic amines) is 1. The molecule has 2 aliphatic heterocycles. The largest absolute Gasteiger partial charge is 0.340 e. The zero-order valence-corrected chi connectivity index (χ0v) is 15.1. The third-order valence-corrected chi connectivity index (χ3v) is 5.84. The Morgan fingerprint density at radius 1 is 1.23 bits per heavy atom. The van der Waals surface area contributed by atoms with Crippen LogP contribution >= 0.6 is 11.8 Å². The van der Waals surface area contributed by atoms with Gasteiger partial charge in [-0.3, -0.25) is 24.3 Å². The van der Waals surface area contributed by atoms with Crippen LogP contribution in [0.1, 0.15) is 24.5 Å². The average molecular weight is 369 g/mol. The van der Waals surface area contributed by atoms with Crippen molar-refractivity contribution >= 4 is 39.6 Å². The maximum Gasteiger partial charge on any atom is 0.289 e. The summed E-state index contributed by atoms with van der Waals surface area (Å²) in [6, 6.07) is 10.2. The predicted octanol–water partition coefficient (Wildman–Crippen LogP) is 2.64. The molecule has 4 rings (SSSR count). The van der Waals surface area contributed by atoms with Gasteiger partial charge in [0, 0.05) is 36.3 Å². The van der Waals surface area contributed by atoms with Crippen molar-refractivity contribution in [1.29, 1.82) is 0 Å². The molecule has 134 valence electrons. The minimum absolute atomic E-state index is 0.135. The van der Waals surface area contributed by atoms with Crippen LogP contribution in [-0.2, 0) is 9.59 Å². The van der Waals surface area contributed by atoms with Crippen molar-refractivity contribution in [2.45, 2.75) is 18.8 Å². The number of thioether (sulfide) groups is 1. The predicted molar refractivity (Wildman–Crippen MR) is 99.9 cm³/mol. The quantitative estimate of drug-likeness (QED) is 0.832. The summed E-state index contributed by atoms with van der Waals surface area (Å²) in [7, 11) is 0. The summed E-state index contributed by atoms with van der Waals surface area (Å²) in [5, 5.41) is 1.92. The number of pyridine rings is 1. The van der Waals surface area contributed by atoms with Crippen molar-refractivity contribution in [2.75, 3.05) is 25.4 Å². The summed E-state index contributed by atoms with van der Waals surface area (Å²) in [4.78, 5) is 43.4. The van der Waals surface area contributed by atoms with Crippen molar-refractivity contribution in [2.24, 2.45) is 0 Å². The van der Waals surface area contributed by atoms with E-state index in [-0.39, 0.29) is 35.3 Å². The number of piperidine rings is 1. The summed E-state index contributed by atoms with van der Waals surface area (Å²) >= 11 is 0.957. The van der Waals surface area contributed by atoms with Gasteiger partial charge in [0.2, 0.25) is 11.8 Å². The SMILES string of the molecule is O=C(CN1C(=O)CSC1=O)N1CCCC(c2cc3ccccc3cn2)C1. The van der Waals surface area contributed by atoms with Crippen LogP contribution in [0.4, 0.5) is 4.79 Å². The number of amides is 3. The Hall–Kier alpha value is -2.41. The molecule has 1 unspecified atom stereocenters. The van der Waals surface area contributed by atoms with Gasteiger partial charge in [-0.05, 0) is 24.3 Å². The number of benzene rings is 1. The molecule has 0 saturated carbocycles. The highest BCUT2D eigenvalue weighted by molar-refractivity contribution is 8.14. The molecule has 1 atom stereocenters. The molecule has 2 saturated heterocycles. The zero-order valence-electron chi connectivity index (χ0n) is 14.3. The molecule has 1 aromatic heterocycles. The first kappa shape index (κ1) is 17.0. The van der Waals surface area contributed by atoms with Gasteiger partial charge in [-0.15, -0.1) is 0 Å². The molecule has 0 spiro atoms. The van der Waals surface area contributed by atoms with Gasteiger partial charge in [0.25, 0.3) is 5.24 Å². The maximum absolute atomic E-state index is 12.6. The topological polar surface area (TPSA) is 70.6 Å². The summed E-state index contributed by atoms with van der Waals surface area (Å²) in [5.74, 6) is -0.134. The first-order valence-electron chi connectivity index (χ1n) is 8.71. The molecule has 7 heteroatoms. The molecule has 2 aromatic rings. The van der Waals surface area contributed by atoms with Crippen LogP contribution < -0.4 is 0 Å². The van der Waals surface area contributed by atoms with Crippen LogP contribution in [0.3, 0.4) is 0 Å². The van der Waals surface area contributed by atoms with Gasteiger partial charge in [-0.25, -0.2) is 0 Å². The highest BCUT2D eigenvalue weighted by Gasteiger charge is 2.34. The molecule has 0 radical (unpaired) electrons. The van der Waals surface area contributed by atoms with E-state index in [4.69, 9.17) is 0 Å². The highest BCUT2D eigenvalue weighted by atomic mass is 32.2. The monoisotopic (exact) mass is 369 g/mol. The molecule has 1 aromatic carbocycles.